The molecule has 7 nitrogen and oxygen atoms in total. The second-order valence-corrected chi connectivity index (χ2v) is 4.34. The minimum Gasteiger partial charge on any atom is -0.277 e. The standard InChI is InChI=1S/C11H9N3O4S/c1-18-13-10(15)9-6-19-11(12-9)7-3-2-4-8(5-7)14(16)17/h2-6H,1H3,(H,13,15). The molecule has 98 valence electrons. The van der Waals surface area contributed by atoms with Gasteiger partial charge in [-0.3, -0.25) is 19.7 Å². The summed E-state index contributed by atoms with van der Waals surface area (Å²) in [4.78, 5) is 30.3. The van der Waals surface area contributed by atoms with Gasteiger partial charge in [0.05, 0.1) is 12.0 Å². The molecule has 2 rings (SSSR count). The number of thiazole rings is 1. The van der Waals surface area contributed by atoms with Crippen molar-refractivity contribution in [2.45, 2.75) is 0 Å². The number of nitro groups is 1. The van der Waals surface area contributed by atoms with Crippen LogP contribution in [0.5, 0.6) is 0 Å². The van der Waals surface area contributed by atoms with Crippen LogP contribution >= 0.6 is 11.3 Å². The highest BCUT2D eigenvalue weighted by Crippen LogP contribution is 2.26. The van der Waals surface area contributed by atoms with E-state index in [1.807, 2.05) is 0 Å². The summed E-state index contributed by atoms with van der Waals surface area (Å²) < 4.78 is 0. The number of aromatic nitrogens is 1. The van der Waals surface area contributed by atoms with Crippen molar-refractivity contribution in [1.82, 2.24) is 10.5 Å². The van der Waals surface area contributed by atoms with Gasteiger partial charge in [-0.15, -0.1) is 11.3 Å². The van der Waals surface area contributed by atoms with Gasteiger partial charge in [0.15, 0.2) is 0 Å². The fourth-order valence-electron chi connectivity index (χ4n) is 1.41. The Morgan fingerprint density at radius 1 is 1.53 bits per heavy atom. The Morgan fingerprint density at radius 3 is 3.00 bits per heavy atom. The Balaban J connectivity index is 2.30. The molecule has 0 atom stereocenters. The van der Waals surface area contributed by atoms with Gasteiger partial charge in [-0.05, 0) is 0 Å². The zero-order chi connectivity index (χ0) is 13.8. The minimum absolute atomic E-state index is 0.0180. The monoisotopic (exact) mass is 279 g/mol. The number of benzene rings is 1. The van der Waals surface area contributed by atoms with Crippen LogP contribution in [0, 0.1) is 10.1 Å². The minimum atomic E-state index is -0.477. The SMILES string of the molecule is CONC(=O)c1csc(-c2cccc([N+](=O)[O-])c2)n1. The molecule has 0 aliphatic carbocycles. The molecule has 0 unspecified atom stereocenters. The van der Waals surface area contributed by atoms with Crippen LogP contribution in [0.15, 0.2) is 29.6 Å². The Kier molecular flexibility index (Phi) is 3.83. The number of carbonyl (C=O) groups excluding carboxylic acids is 1. The highest BCUT2D eigenvalue weighted by Gasteiger charge is 2.13. The molecule has 0 aliphatic rings. The number of hydroxylamine groups is 1. The number of nitrogens with zero attached hydrogens (tertiary/aromatic N) is 2. The third-order valence-corrected chi connectivity index (χ3v) is 3.13. The van der Waals surface area contributed by atoms with Gasteiger partial charge in [-0.2, -0.15) is 0 Å². The van der Waals surface area contributed by atoms with Crippen LogP contribution in [-0.4, -0.2) is 22.9 Å². The van der Waals surface area contributed by atoms with E-state index >= 15 is 0 Å². The van der Waals surface area contributed by atoms with E-state index in [4.69, 9.17) is 0 Å². The number of carbonyl (C=O) groups is 1. The molecule has 0 aliphatic heterocycles. The van der Waals surface area contributed by atoms with E-state index in [2.05, 4.69) is 15.3 Å². The summed E-state index contributed by atoms with van der Waals surface area (Å²) >= 11 is 1.23. The molecule has 1 aromatic carbocycles. The maximum Gasteiger partial charge on any atom is 0.294 e. The zero-order valence-electron chi connectivity index (χ0n) is 9.82. The molecule has 1 amide bonds. The lowest BCUT2D eigenvalue weighted by Crippen LogP contribution is -2.21. The van der Waals surface area contributed by atoms with Gasteiger partial charge in [-0.25, -0.2) is 10.5 Å². The number of hydrogen-bond acceptors (Lipinski definition) is 6. The topological polar surface area (TPSA) is 94.4 Å². The molecule has 19 heavy (non-hydrogen) atoms. The Bertz CT molecular complexity index is 626. The highest BCUT2D eigenvalue weighted by molar-refractivity contribution is 7.13. The van der Waals surface area contributed by atoms with Crippen molar-refractivity contribution in [2.75, 3.05) is 7.11 Å². The molecular formula is C11H9N3O4S. The molecule has 0 radical (unpaired) electrons. The number of non-ortho nitro benzene ring substituents is 1. The third kappa shape index (κ3) is 2.92. The van der Waals surface area contributed by atoms with E-state index in [9.17, 15) is 14.9 Å². The Labute approximate surface area is 112 Å². The zero-order valence-corrected chi connectivity index (χ0v) is 10.6. The summed E-state index contributed by atoms with van der Waals surface area (Å²) in [5, 5.41) is 12.8. The molecular weight excluding hydrogens is 270 g/mol. The van der Waals surface area contributed by atoms with E-state index in [0.717, 1.165) is 0 Å². The Hall–Kier alpha value is -2.32. The number of rotatable bonds is 4. The summed E-state index contributed by atoms with van der Waals surface area (Å²) in [6, 6.07) is 6.08. The van der Waals surface area contributed by atoms with E-state index in [-0.39, 0.29) is 11.4 Å². The van der Waals surface area contributed by atoms with Gasteiger partial charge in [0, 0.05) is 23.1 Å². The van der Waals surface area contributed by atoms with Gasteiger partial charge in [0.25, 0.3) is 11.6 Å². The van der Waals surface area contributed by atoms with Crippen molar-refractivity contribution in [3.8, 4) is 10.6 Å². The molecule has 8 heteroatoms. The summed E-state index contributed by atoms with van der Waals surface area (Å²) in [5.41, 5.74) is 2.93. The van der Waals surface area contributed by atoms with Crippen molar-refractivity contribution < 1.29 is 14.6 Å². The summed E-state index contributed by atoms with van der Waals surface area (Å²) in [6.07, 6.45) is 0. The van der Waals surface area contributed by atoms with E-state index < -0.39 is 10.8 Å². The fourth-order valence-corrected chi connectivity index (χ4v) is 2.21. The smallest absolute Gasteiger partial charge is 0.277 e. The summed E-state index contributed by atoms with van der Waals surface area (Å²) in [6.45, 7) is 0. The quantitative estimate of drug-likeness (QED) is 0.682. The average molecular weight is 279 g/mol. The van der Waals surface area contributed by atoms with Crippen LogP contribution in [0.1, 0.15) is 10.5 Å². The lowest BCUT2D eigenvalue weighted by Gasteiger charge is -1.97. The van der Waals surface area contributed by atoms with Gasteiger partial charge in [0.1, 0.15) is 10.7 Å². The van der Waals surface area contributed by atoms with Crippen molar-refractivity contribution >= 4 is 22.9 Å². The van der Waals surface area contributed by atoms with Crippen molar-refractivity contribution in [3.63, 3.8) is 0 Å². The van der Waals surface area contributed by atoms with Gasteiger partial charge < -0.3 is 0 Å². The fraction of sp³-hybridized carbons (Fsp3) is 0.0909. The summed E-state index contributed by atoms with van der Waals surface area (Å²) in [7, 11) is 1.33. The first kappa shape index (κ1) is 13.1. The van der Waals surface area contributed by atoms with Gasteiger partial charge in [0.2, 0.25) is 0 Å². The predicted molar refractivity (Wildman–Crippen MR) is 68.7 cm³/mol. The maximum atomic E-state index is 11.5. The first-order chi connectivity index (χ1) is 9.11. The molecule has 1 heterocycles. The first-order valence-electron chi connectivity index (χ1n) is 5.15. The number of nitro benzene ring substituents is 1. The largest absolute Gasteiger partial charge is 0.294 e. The third-order valence-electron chi connectivity index (χ3n) is 2.24. The second-order valence-electron chi connectivity index (χ2n) is 3.48. The van der Waals surface area contributed by atoms with E-state index in [1.54, 1.807) is 17.5 Å². The normalized spacial score (nSPS) is 10.2. The predicted octanol–water partition coefficient (Wildman–Crippen LogP) is 2.01. The van der Waals surface area contributed by atoms with E-state index in [1.165, 1.54) is 30.6 Å². The van der Waals surface area contributed by atoms with Crippen LogP contribution in [0.2, 0.25) is 0 Å². The second kappa shape index (κ2) is 5.55. The first-order valence-corrected chi connectivity index (χ1v) is 6.03. The molecule has 1 N–H and O–H groups in total. The lowest BCUT2D eigenvalue weighted by atomic mass is 10.2. The van der Waals surface area contributed by atoms with Gasteiger partial charge in [-0.1, -0.05) is 12.1 Å². The molecule has 0 saturated carbocycles. The van der Waals surface area contributed by atoms with Crippen LogP contribution in [-0.2, 0) is 4.84 Å². The molecule has 1 aromatic heterocycles. The maximum absolute atomic E-state index is 11.5. The molecule has 0 fully saturated rings. The number of nitrogens with one attached hydrogen (secondary N) is 1. The van der Waals surface area contributed by atoms with Crippen molar-refractivity contribution in [3.05, 3.63) is 45.5 Å². The molecule has 0 spiro atoms. The molecule has 0 saturated heterocycles. The lowest BCUT2D eigenvalue weighted by molar-refractivity contribution is -0.384. The van der Waals surface area contributed by atoms with Crippen LogP contribution in [0.25, 0.3) is 10.6 Å². The van der Waals surface area contributed by atoms with Crippen molar-refractivity contribution in [2.24, 2.45) is 0 Å². The average Bonchev–Trinajstić information content (AvgIpc) is 2.89. The van der Waals surface area contributed by atoms with Gasteiger partial charge >= 0.3 is 0 Å². The number of hydrogen-bond donors (Lipinski definition) is 1. The van der Waals surface area contributed by atoms with E-state index in [0.29, 0.717) is 10.6 Å². The Morgan fingerprint density at radius 2 is 2.32 bits per heavy atom. The highest BCUT2D eigenvalue weighted by atomic mass is 32.1. The summed E-state index contributed by atoms with van der Waals surface area (Å²) in [5.74, 6) is -0.463. The van der Waals surface area contributed by atoms with Crippen molar-refractivity contribution in [1.29, 1.82) is 0 Å². The molecule has 2 aromatic rings. The number of amides is 1. The van der Waals surface area contributed by atoms with Crippen LogP contribution in [0.4, 0.5) is 5.69 Å². The van der Waals surface area contributed by atoms with Crippen LogP contribution in [0.3, 0.4) is 0 Å². The van der Waals surface area contributed by atoms with Crippen LogP contribution < -0.4 is 5.48 Å². The molecule has 0 bridgehead atoms.